The standard InChI is InChI=1S/C23H23F4N7O2/c1-13(14-6-16(24)11-29-9-14)31-21(35)33-4-2-22(12-33)3-5-34-19(22)8-17(32-34)15-7-18(20(28)30-10-15)36-23(25,26)27/h6-11,13H,2-5,12H2,1H3,(H2,28,30)(H,31,35)/t13-,22?/m1/s1. The first-order chi connectivity index (χ1) is 17.0. The van der Waals surface area contributed by atoms with Crippen molar-refractivity contribution in [3.05, 3.63) is 53.9 Å². The number of urea groups is 1. The highest BCUT2D eigenvalue weighted by molar-refractivity contribution is 5.75. The number of pyridine rings is 2. The minimum Gasteiger partial charge on any atom is -0.402 e. The number of carbonyl (C=O) groups is 1. The second-order valence-electron chi connectivity index (χ2n) is 9.10. The summed E-state index contributed by atoms with van der Waals surface area (Å²) in [5.41, 5.74) is 7.47. The first-order valence-corrected chi connectivity index (χ1v) is 11.3. The van der Waals surface area contributed by atoms with Crippen LogP contribution in [0.4, 0.5) is 28.2 Å². The molecule has 2 aliphatic rings. The van der Waals surface area contributed by atoms with E-state index in [0.717, 1.165) is 24.4 Å². The van der Waals surface area contributed by atoms with Gasteiger partial charge >= 0.3 is 12.4 Å². The van der Waals surface area contributed by atoms with Gasteiger partial charge in [-0.3, -0.25) is 9.67 Å². The van der Waals surface area contributed by atoms with E-state index < -0.39 is 24.0 Å². The Labute approximate surface area is 203 Å². The summed E-state index contributed by atoms with van der Waals surface area (Å²) in [6.45, 7) is 3.35. The third-order valence-electron chi connectivity index (χ3n) is 6.74. The zero-order valence-corrected chi connectivity index (χ0v) is 19.2. The van der Waals surface area contributed by atoms with Gasteiger partial charge in [-0.1, -0.05) is 0 Å². The fourth-order valence-electron chi connectivity index (χ4n) is 4.89. The van der Waals surface area contributed by atoms with Crippen molar-refractivity contribution < 1.29 is 27.1 Å². The Balaban J connectivity index is 1.32. The van der Waals surface area contributed by atoms with Crippen LogP contribution in [0, 0.1) is 5.82 Å². The van der Waals surface area contributed by atoms with Gasteiger partial charge in [-0.15, -0.1) is 13.2 Å². The summed E-state index contributed by atoms with van der Waals surface area (Å²) >= 11 is 0. The van der Waals surface area contributed by atoms with E-state index in [9.17, 15) is 22.4 Å². The molecule has 2 amide bonds. The Bertz CT molecular complexity index is 1310. The van der Waals surface area contributed by atoms with Crippen molar-refractivity contribution in [2.24, 2.45) is 0 Å². The molecule has 13 heteroatoms. The highest BCUT2D eigenvalue weighted by Gasteiger charge is 2.47. The normalized spacial score (nSPS) is 20.0. The van der Waals surface area contributed by atoms with Crippen LogP contribution >= 0.6 is 0 Å². The zero-order chi connectivity index (χ0) is 25.7. The number of aromatic nitrogens is 4. The lowest BCUT2D eigenvalue weighted by Crippen LogP contribution is -2.41. The van der Waals surface area contributed by atoms with Gasteiger partial charge in [0.1, 0.15) is 5.82 Å². The van der Waals surface area contributed by atoms with E-state index in [1.807, 2.05) is 10.7 Å². The van der Waals surface area contributed by atoms with Gasteiger partial charge in [0.05, 0.1) is 17.9 Å². The van der Waals surface area contributed by atoms with Crippen molar-refractivity contribution in [1.29, 1.82) is 0 Å². The maximum absolute atomic E-state index is 13.5. The largest absolute Gasteiger partial charge is 0.573 e. The molecule has 5 rings (SSSR count). The summed E-state index contributed by atoms with van der Waals surface area (Å²) in [6.07, 6.45) is 0.554. The molecule has 36 heavy (non-hydrogen) atoms. The zero-order valence-electron chi connectivity index (χ0n) is 19.2. The smallest absolute Gasteiger partial charge is 0.402 e. The van der Waals surface area contributed by atoms with Crippen molar-refractivity contribution in [1.82, 2.24) is 30.0 Å². The van der Waals surface area contributed by atoms with E-state index in [4.69, 9.17) is 5.73 Å². The van der Waals surface area contributed by atoms with Gasteiger partial charge in [0.25, 0.3) is 0 Å². The van der Waals surface area contributed by atoms with Crippen molar-refractivity contribution in [3.63, 3.8) is 0 Å². The number of nitrogen functional groups attached to an aromatic ring is 1. The predicted molar refractivity (Wildman–Crippen MR) is 120 cm³/mol. The number of carbonyl (C=O) groups excluding carboxylic acids is 1. The van der Waals surface area contributed by atoms with E-state index in [2.05, 4.69) is 25.1 Å². The van der Waals surface area contributed by atoms with E-state index in [1.54, 1.807) is 11.8 Å². The van der Waals surface area contributed by atoms with Crippen LogP contribution in [0.15, 0.2) is 36.8 Å². The molecule has 2 atom stereocenters. The fourth-order valence-corrected chi connectivity index (χ4v) is 4.89. The van der Waals surface area contributed by atoms with Gasteiger partial charge in [-0.05, 0) is 43.5 Å². The van der Waals surface area contributed by atoms with Crippen LogP contribution < -0.4 is 15.8 Å². The van der Waals surface area contributed by atoms with Crippen LogP contribution in [-0.4, -0.2) is 50.1 Å². The number of fused-ring (bicyclic) bond motifs is 2. The molecule has 3 aromatic heterocycles. The molecule has 1 saturated heterocycles. The fraction of sp³-hybridized carbons (Fsp3) is 0.391. The minimum atomic E-state index is -4.90. The Morgan fingerprint density at radius 1 is 1.19 bits per heavy atom. The second-order valence-corrected chi connectivity index (χ2v) is 9.10. The number of ether oxygens (including phenoxy) is 1. The number of alkyl halides is 3. The van der Waals surface area contributed by atoms with E-state index in [1.165, 1.54) is 18.5 Å². The molecular formula is C23H23F4N7O2. The monoisotopic (exact) mass is 505 g/mol. The first-order valence-electron chi connectivity index (χ1n) is 11.3. The molecule has 0 bridgehead atoms. The molecule has 1 unspecified atom stereocenters. The number of aryl methyl sites for hydroxylation is 1. The molecule has 0 saturated carbocycles. The Morgan fingerprint density at radius 3 is 2.72 bits per heavy atom. The number of nitrogens with one attached hydrogen (secondary N) is 1. The van der Waals surface area contributed by atoms with Crippen molar-refractivity contribution in [2.45, 2.75) is 44.1 Å². The summed E-state index contributed by atoms with van der Waals surface area (Å²) in [5, 5.41) is 7.44. The number of anilines is 1. The number of hydrogen-bond acceptors (Lipinski definition) is 6. The number of likely N-dealkylation sites (tertiary alicyclic amines) is 1. The number of nitrogens with two attached hydrogens (primary N) is 1. The summed E-state index contributed by atoms with van der Waals surface area (Å²) in [5.74, 6) is -1.44. The Morgan fingerprint density at radius 2 is 1.97 bits per heavy atom. The Hall–Kier alpha value is -3.90. The van der Waals surface area contributed by atoms with Crippen LogP contribution in [0.3, 0.4) is 0 Å². The first kappa shape index (κ1) is 23.8. The lowest BCUT2D eigenvalue weighted by atomic mass is 9.82. The van der Waals surface area contributed by atoms with Crippen molar-refractivity contribution in [2.75, 3.05) is 18.8 Å². The molecule has 9 nitrogen and oxygen atoms in total. The molecular weight excluding hydrogens is 482 g/mol. The summed E-state index contributed by atoms with van der Waals surface area (Å²) in [6, 6.07) is 3.62. The summed E-state index contributed by atoms with van der Waals surface area (Å²) in [4.78, 5) is 22.3. The second kappa shape index (κ2) is 8.64. The molecule has 3 N–H and O–H groups in total. The topological polar surface area (TPSA) is 111 Å². The maximum Gasteiger partial charge on any atom is 0.573 e. The lowest BCUT2D eigenvalue weighted by Gasteiger charge is -2.25. The van der Waals surface area contributed by atoms with Crippen LogP contribution in [0.2, 0.25) is 0 Å². The number of amides is 2. The predicted octanol–water partition coefficient (Wildman–Crippen LogP) is 3.78. The SMILES string of the molecule is C[C@@H](NC(=O)N1CCC2(CCn3nc(-c4cnc(N)c(OC(F)(F)F)c4)cc32)C1)c1cncc(F)c1. The van der Waals surface area contributed by atoms with Crippen LogP contribution in [-0.2, 0) is 12.0 Å². The highest BCUT2D eigenvalue weighted by atomic mass is 19.4. The third-order valence-corrected chi connectivity index (χ3v) is 6.74. The van der Waals surface area contributed by atoms with E-state index >= 15 is 0 Å². The van der Waals surface area contributed by atoms with Crippen LogP contribution in [0.1, 0.15) is 37.1 Å². The number of hydrogen-bond donors (Lipinski definition) is 2. The molecule has 2 aliphatic heterocycles. The summed E-state index contributed by atoms with van der Waals surface area (Å²) in [7, 11) is 0. The highest BCUT2D eigenvalue weighted by Crippen LogP contribution is 2.44. The lowest BCUT2D eigenvalue weighted by molar-refractivity contribution is -0.274. The van der Waals surface area contributed by atoms with Gasteiger partial charge in [-0.25, -0.2) is 14.2 Å². The van der Waals surface area contributed by atoms with Gasteiger partial charge in [0.15, 0.2) is 11.6 Å². The van der Waals surface area contributed by atoms with Crippen LogP contribution in [0.5, 0.6) is 5.75 Å². The van der Waals surface area contributed by atoms with E-state index in [0.29, 0.717) is 42.9 Å². The molecule has 0 radical (unpaired) electrons. The van der Waals surface area contributed by atoms with E-state index in [-0.39, 0.29) is 17.3 Å². The third kappa shape index (κ3) is 4.52. The van der Waals surface area contributed by atoms with Crippen molar-refractivity contribution in [3.8, 4) is 17.0 Å². The van der Waals surface area contributed by atoms with Gasteiger partial charge < -0.3 is 20.7 Å². The molecule has 1 fully saturated rings. The molecule has 190 valence electrons. The molecule has 3 aromatic rings. The summed E-state index contributed by atoms with van der Waals surface area (Å²) < 4.78 is 57.4. The quantitative estimate of drug-likeness (QED) is 0.522. The number of nitrogens with zero attached hydrogens (tertiary/aromatic N) is 5. The number of rotatable bonds is 4. The van der Waals surface area contributed by atoms with Gasteiger partial charge in [0, 0.05) is 48.7 Å². The Kier molecular flexibility index (Phi) is 5.72. The molecule has 0 aliphatic carbocycles. The molecule has 0 aromatic carbocycles. The van der Waals surface area contributed by atoms with Crippen molar-refractivity contribution >= 4 is 11.8 Å². The van der Waals surface area contributed by atoms with Gasteiger partial charge in [0.2, 0.25) is 0 Å². The van der Waals surface area contributed by atoms with Gasteiger partial charge in [-0.2, -0.15) is 5.10 Å². The minimum absolute atomic E-state index is 0.265. The van der Waals surface area contributed by atoms with Crippen LogP contribution in [0.25, 0.3) is 11.3 Å². The molecule has 1 spiro atoms. The average Bonchev–Trinajstić information content (AvgIpc) is 3.51. The average molecular weight is 505 g/mol. The maximum atomic E-state index is 13.5. The molecule has 5 heterocycles. The number of halogens is 4.